The van der Waals surface area contributed by atoms with Gasteiger partial charge in [0.05, 0.1) is 10.6 Å². The minimum absolute atomic E-state index is 0.0897. The summed E-state index contributed by atoms with van der Waals surface area (Å²) in [6.07, 6.45) is 0.224. The molecule has 0 unspecified atom stereocenters. The van der Waals surface area contributed by atoms with Crippen molar-refractivity contribution in [1.29, 1.82) is 0 Å². The van der Waals surface area contributed by atoms with Gasteiger partial charge in [0.15, 0.2) is 0 Å². The highest BCUT2D eigenvalue weighted by Crippen LogP contribution is 2.19. The van der Waals surface area contributed by atoms with Crippen molar-refractivity contribution in [2.75, 3.05) is 4.72 Å². The van der Waals surface area contributed by atoms with E-state index in [1.807, 2.05) is 19.1 Å². The second-order valence-corrected chi connectivity index (χ2v) is 6.62. The van der Waals surface area contributed by atoms with E-state index in [9.17, 15) is 18.3 Å². The zero-order valence-corrected chi connectivity index (χ0v) is 12.9. The van der Waals surface area contributed by atoms with Crippen LogP contribution >= 0.6 is 0 Å². The first-order valence-corrected chi connectivity index (χ1v) is 8.24. The Morgan fingerprint density at radius 3 is 2.32 bits per heavy atom. The topological polar surface area (TPSA) is 86.3 Å². The van der Waals surface area contributed by atoms with Crippen LogP contribution in [0.1, 0.15) is 17.5 Å². The van der Waals surface area contributed by atoms with Gasteiger partial charge in [-0.15, -0.1) is 0 Å². The van der Waals surface area contributed by atoms with Crippen LogP contribution in [0.25, 0.3) is 0 Å². The van der Waals surface area contributed by atoms with E-state index in [0.717, 1.165) is 11.1 Å². The second kappa shape index (κ2) is 6.62. The summed E-state index contributed by atoms with van der Waals surface area (Å²) in [6.45, 7) is 1.82. The van der Waals surface area contributed by atoms with E-state index in [-0.39, 0.29) is 11.3 Å². The number of sulfonamides is 1. The first kappa shape index (κ1) is 16.0. The van der Waals surface area contributed by atoms with Crippen LogP contribution in [0.4, 0.5) is 5.69 Å². The number of anilines is 1. The lowest BCUT2D eigenvalue weighted by molar-refractivity contribution is -0.305. The highest BCUT2D eigenvalue weighted by molar-refractivity contribution is 7.92. The zero-order valence-electron chi connectivity index (χ0n) is 12.1. The summed E-state index contributed by atoms with van der Waals surface area (Å²) in [7, 11) is -3.66. The summed E-state index contributed by atoms with van der Waals surface area (Å²) in [6, 6.07) is 13.2. The van der Waals surface area contributed by atoms with Crippen molar-refractivity contribution in [1.82, 2.24) is 0 Å². The summed E-state index contributed by atoms with van der Waals surface area (Å²) in [5.41, 5.74) is 2.11. The van der Waals surface area contributed by atoms with Gasteiger partial charge in [-0.05, 0) is 49.1 Å². The Morgan fingerprint density at radius 1 is 1.09 bits per heavy atom. The van der Waals surface area contributed by atoms with Gasteiger partial charge in [0.1, 0.15) is 0 Å². The lowest BCUT2D eigenvalue weighted by atomic mass is 10.1. The Balaban J connectivity index is 2.16. The third-order valence-corrected chi connectivity index (χ3v) is 4.62. The maximum absolute atomic E-state index is 12.3. The summed E-state index contributed by atoms with van der Waals surface area (Å²) in [5.74, 6) is -1.13. The molecule has 0 amide bonds. The number of carboxylic acids is 1. The summed E-state index contributed by atoms with van der Waals surface area (Å²) in [4.78, 5) is 10.5. The average Bonchev–Trinajstić information content (AvgIpc) is 2.48. The van der Waals surface area contributed by atoms with E-state index in [0.29, 0.717) is 12.1 Å². The molecule has 0 aromatic heterocycles. The Kier molecular flexibility index (Phi) is 4.82. The summed E-state index contributed by atoms with van der Waals surface area (Å²) < 4.78 is 27.2. The van der Waals surface area contributed by atoms with Gasteiger partial charge in [-0.3, -0.25) is 4.72 Å². The standard InChI is InChI=1S/C16H17NO4S/c1-12-4-2-3-5-15(12)17-22(20,21)14-9-6-13(7-10-14)8-11-16(18)19/h2-7,9-10,17H,8,11H2,1H3,(H,18,19)/p-1. The molecule has 6 heteroatoms. The van der Waals surface area contributed by atoms with Crippen molar-refractivity contribution in [2.24, 2.45) is 0 Å². The third-order valence-electron chi connectivity index (χ3n) is 3.24. The van der Waals surface area contributed by atoms with Crippen LogP contribution < -0.4 is 9.83 Å². The predicted octanol–water partition coefficient (Wildman–Crippen LogP) is 1.48. The van der Waals surface area contributed by atoms with Crippen LogP contribution in [0.3, 0.4) is 0 Å². The number of nitrogens with one attached hydrogen (secondary N) is 1. The molecule has 2 aromatic rings. The molecule has 116 valence electrons. The van der Waals surface area contributed by atoms with Gasteiger partial charge >= 0.3 is 0 Å². The van der Waals surface area contributed by atoms with E-state index < -0.39 is 16.0 Å². The maximum Gasteiger partial charge on any atom is 0.261 e. The van der Waals surface area contributed by atoms with Gasteiger partial charge in [-0.25, -0.2) is 8.42 Å². The minimum atomic E-state index is -3.66. The fraction of sp³-hybridized carbons (Fsp3) is 0.188. The van der Waals surface area contributed by atoms with Crippen LogP contribution in [0.2, 0.25) is 0 Å². The molecule has 0 aliphatic heterocycles. The van der Waals surface area contributed by atoms with Crippen LogP contribution in [-0.4, -0.2) is 14.4 Å². The molecule has 0 spiro atoms. The first-order valence-electron chi connectivity index (χ1n) is 6.76. The van der Waals surface area contributed by atoms with E-state index in [1.165, 1.54) is 12.1 Å². The van der Waals surface area contributed by atoms with Crippen molar-refractivity contribution in [3.05, 3.63) is 59.7 Å². The first-order chi connectivity index (χ1) is 10.4. The normalized spacial score (nSPS) is 11.1. The largest absolute Gasteiger partial charge is 0.550 e. The number of carbonyl (C=O) groups excluding carboxylic acids is 1. The molecule has 0 aliphatic carbocycles. The molecule has 1 N–H and O–H groups in total. The molecule has 0 saturated heterocycles. The number of hydrogen-bond donors (Lipinski definition) is 1. The molecule has 0 saturated carbocycles. The number of benzene rings is 2. The third kappa shape index (κ3) is 4.08. The van der Waals surface area contributed by atoms with Crippen LogP contribution in [0, 0.1) is 6.92 Å². The van der Waals surface area contributed by atoms with E-state index in [4.69, 9.17) is 0 Å². The fourth-order valence-electron chi connectivity index (χ4n) is 1.97. The van der Waals surface area contributed by atoms with Gasteiger partial charge in [0.2, 0.25) is 0 Å². The maximum atomic E-state index is 12.3. The van der Waals surface area contributed by atoms with Gasteiger partial charge in [0.25, 0.3) is 10.0 Å². The molecule has 0 atom stereocenters. The van der Waals surface area contributed by atoms with Gasteiger partial charge < -0.3 is 9.90 Å². The summed E-state index contributed by atoms with van der Waals surface area (Å²) >= 11 is 0. The number of aliphatic carboxylic acids is 1. The predicted molar refractivity (Wildman–Crippen MR) is 81.8 cm³/mol. The van der Waals surface area contributed by atoms with E-state index in [1.54, 1.807) is 24.3 Å². The Hall–Kier alpha value is -2.34. The second-order valence-electron chi connectivity index (χ2n) is 4.94. The lowest BCUT2D eigenvalue weighted by Crippen LogP contribution is -2.22. The van der Waals surface area contributed by atoms with Gasteiger partial charge in [-0.1, -0.05) is 30.3 Å². The molecule has 0 heterocycles. The number of carboxylic acid groups (broad SMARTS) is 1. The molecule has 2 aromatic carbocycles. The monoisotopic (exact) mass is 318 g/mol. The molecule has 0 bridgehead atoms. The number of aryl methyl sites for hydroxylation is 2. The molecule has 5 nitrogen and oxygen atoms in total. The lowest BCUT2D eigenvalue weighted by Gasteiger charge is -2.11. The van der Waals surface area contributed by atoms with E-state index in [2.05, 4.69) is 4.72 Å². The van der Waals surface area contributed by atoms with Crippen LogP contribution in [0.15, 0.2) is 53.4 Å². The highest BCUT2D eigenvalue weighted by Gasteiger charge is 2.14. The summed E-state index contributed by atoms with van der Waals surface area (Å²) in [5, 5.41) is 10.4. The SMILES string of the molecule is Cc1ccccc1NS(=O)(=O)c1ccc(CCC(=O)[O-])cc1. The Morgan fingerprint density at radius 2 is 1.73 bits per heavy atom. The van der Waals surface area contributed by atoms with Crippen LogP contribution in [-0.2, 0) is 21.2 Å². The zero-order chi connectivity index (χ0) is 16.2. The van der Waals surface area contributed by atoms with Crippen molar-refractivity contribution >= 4 is 21.7 Å². The fourth-order valence-corrected chi connectivity index (χ4v) is 3.10. The number of hydrogen-bond acceptors (Lipinski definition) is 4. The van der Waals surface area contributed by atoms with E-state index >= 15 is 0 Å². The minimum Gasteiger partial charge on any atom is -0.550 e. The molecular weight excluding hydrogens is 302 g/mol. The molecule has 2 rings (SSSR count). The quantitative estimate of drug-likeness (QED) is 0.874. The number of para-hydroxylation sites is 1. The van der Waals surface area contributed by atoms with Crippen molar-refractivity contribution in [3.63, 3.8) is 0 Å². The van der Waals surface area contributed by atoms with Crippen molar-refractivity contribution < 1.29 is 18.3 Å². The number of rotatable bonds is 6. The molecule has 0 aliphatic rings. The molecular formula is C16H16NO4S-. The van der Waals surface area contributed by atoms with Crippen LogP contribution in [0.5, 0.6) is 0 Å². The molecule has 22 heavy (non-hydrogen) atoms. The Bertz CT molecular complexity index is 767. The van der Waals surface area contributed by atoms with Gasteiger partial charge in [-0.2, -0.15) is 0 Å². The van der Waals surface area contributed by atoms with Crippen molar-refractivity contribution in [2.45, 2.75) is 24.7 Å². The number of carbonyl (C=O) groups is 1. The molecule has 0 fully saturated rings. The smallest absolute Gasteiger partial charge is 0.261 e. The average molecular weight is 318 g/mol. The van der Waals surface area contributed by atoms with Gasteiger partial charge in [0, 0.05) is 5.97 Å². The van der Waals surface area contributed by atoms with Crippen molar-refractivity contribution in [3.8, 4) is 0 Å². The molecule has 0 radical (unpaired) electrons. The highest BCUT2D eigenvalue weighted by atomic mass is 32.2. The Labute approximate surface area is 129 Å².